The molecule has 1 aromatic carbocycles. The summed E-state index contributed by atoms with van der Waals surface area (Å²) in [4.78, 5) is 22.2. The zero-order chi connectivity index (χ0) is 17.5. The van der Waals surface area contributed by atoms with Crippen molar-refractivity contribution in [2.75, 3.05) is 13.1 Å². The Labute approximate surface area is 148 Å². The van der Waals surface area contributed by atoms with Crippen molar-refractivity contribution < 1.29 is 13.7 Å². The Bertz CT molecular complexity index is 1030. The molecule has 0 spiro atoms. The quantitative estimate of drug-likeness (QED) is 0.613. The first-order valence-corrected chi connectivity index (χ1v) is 8.52. The van der Waals surface area contributed by atoms with E-state index in [0.29, 0.717) is 36.3 Å². The lowest BCUT2D eigenvalue weighted by Crippen LogP contribution is -2.28. The van der Waals surface area contributed by atoms with Gasteiger partial charge in [0.2, 0.25) is 0 Å². The summed E-state index contributed by atoms with van der Waals surface area (Å²) < 4.78 is 10.6. The number of H-pyrrole nitrogens is 1. The summed E-state index contributed by atoms with van der Waals surface area (Å²) in [5.74, 6) is 1.59. The number of rotatable bonds is 3. The molecule has 0 radical (unpaired) electrons. The van der Waals surface area contributed by atoms with Crippen molar-refractivity contribution in [3.8, 4) is 11.7 Å². The highest BCUT2D eigenvalue weighted by Crippen LogP contribution is 2.28. The topological polar surface area (TPSA) is 88.2 Å². The molecule has 1 atom stereocenters. The Balaban J connectivity index is 1.33. The largest absolute Gasteiger partial charge is 0.459 e. The predicted molar refractivity (Wildman–Crippen MR) is 93.6 cm³/mol. The first-order valence-electron chi connectivity index (χ1n) is 8.52. The summed E-state index contributed by atoms with van der Waals surface area (Å²) in [5.41, 5.74) is 1.57. The van der Waals surface area contributed by atoms with Gasteiger partial charge in [0, 0.05) is 29.9 Å². The van der Waals surface area contributed by atoms with Crippen LogP contribution in [0.2, 0.25) is 0 Å². The van der Waals surface area contributed by atoms with Crippen LogP contribution >= 0.6 is 0 Å². The van der Waals surface area contributed by atoms with E-state index in [1.807, 2.05) is 35.2 Å². The molecule has 5 rings (SSSR count). The van der Waals surface area contributed by atoms with Crippen molar-refractivity contribution in [3.05, 3.63) is 60.2 Å². The van der Waals surface area contributed by atoms with Crippen molar-refractivity contribution in [2.24, 2.45) is 0 Å². The highest BCUT2D eigenvalue weighted by atomic mass is 16.5. The zero-order valence-electron chi connectivity index (χ0n) is 13.9. The molecule has 1 fully saturated rings. The number of likely N-dealkylation sites (tertiary alicyclic amines) is 1. The second-order valence-corrected chi connectivity index (χ2v) is 6.44. The van der Waals surface area contributed by atoms with E-state index in [-0.39, 0.29) is 11.8 Å². The van der Waals surface area contributed by atoms with Gasteiger partial charge in [-0.2, -0.15) is 4.98 Å². The number of benzene rings is 1. The lowest BCUT2D eigenvalue weighted by atomic mass is 10.1. The normalized spacial score (nSPS) is 17.2. The maximum atomic E-state index is 12.8. The summed E-state index contributed by atoms with van der Waals surface area (Å²) in [6.07, 6.45) is 2.37. The monoisotopic (exact) mass is 348 g/mol. The molecule has 7 nitrogen and oxygen atoms in total. The van der Waals surface area contributed by atoms with Crippen LogP contribution in [-0.2, 0) is 0 Å². The molecule has 1 saturated heterocycles. The summed E-state index contributed by atoms with van der Waals surface area (Å²) in [5, 5.41) is 5.10. The summed E-state index contributed by atoms with van der Waals surface area (Å²) in [7, 11) is 0. The van der Waals surface area contributed by atoms with E-state index in [1.165, 1.54) is 0 Å². The fourth-order valence-corrected chi connectivity index (χ4v) is 3.42. The zero-order valence-corrected chi connectivity index (χ0v) is 13.9. The fourth-order valence-electron chi connectivity index (χ4n) is 3.42. The number of carbonyl (C=O) groups is 1. The molecule has 4 heterocycles. The van der Waals surface area contributed by atoms with Gasteiger partial charge in [-0.1, -0.05) is 23.4 Å². The van der Waals surface area contributed by atoms with Crippen molar-refractivity contribution in [2.45, 2.75) is 12.3 Å². The Morgan fingerprint density at radius 1 is 1.23 bits per heavy atom. The molecule has 7 heteroatoms. The number of para-hydroxylation sites is 1. The minimum Gasteiger partial charge on any atom is -0.459 e. The molecule has 1 aliphatic heterocycles. The number of carbonyl (C=O) groups excluding carboxylic acids is 1. The fraction of sp³-hybridized carbons (Fsp3) is 0.211. The Kier molecular flexibility index (Phi) is 3.38. The summed E-state index contributed by atoms with van der Waals surface area (Å²) >= 11 is 0. The molecule has 0 bridgehead atoms. The van der Waals surface area contributed by atoms with Gasteiger partial charge in [0.05, 0.1) is 6.26 Å². The van der Waals surface area contributed by atoms with Gasteiger partial charge >= 0.3 is 0 Å². The predicted octanol–water partition coefficient (Wildman–Crippen LogP) is 3.44. The van der Waals surface area contributed by atoms with Gasteiger partial charge in [-0.25, -0.2) is 0 Å². The Morgan fingerprint density at radius 2 is 2.15 bits per heavy atom. The van der Waals surface area contributed by atoms with Crippen LogP contribution in [0.15, 0.2) is 57.7 Å². The molecule has 0 unspecified atom stereocenters. The number of aromatic nitrogens is 3. The molecular formula is C19H16N4O3. The van der Waals surface area contributed by atoms with Crippen LogP contribution in [-0.4, -0.2) is 39.0 Å². The van der Waals surface area contributed by atoms with Gasteiger partial charge in [0.1, 0.15) is 5.69 Å². The SMILES string of the molecule is O=C(c1cc2ccccc2[nH]1)N1CC[C@H](c2noc(-c3ccco3)n2)C1. The van der Waals surface area contributed by atoms with E-state index in [4.69, 9.17) is 8.94 Å². The van der Waals surface area contributed by atoms with Crippen molar-refractivity contribution in [1.82, 2.24) is 20.0 Å². The number of amides is 1. The van der Waals surface area contributed by atoms with Crippen LogP contribution in [0, 0.1) is 0 Å². The molecule has 1 aliphatic rings. The average molecular weight is 348 g/mol. The van der Waals surface area contributed by atoms with Gasteiger partial charge in [0.15, 0.2) is 11.6 Å². The second-order valence-electron chi connectivity index (χ2n) is 6.44. The van der Waals surface area contributed by atoms with E-state index < -0.39 is 0 Å². The van der Waals surface area contributed by atoms with Gasteiger partial charge in [0.25, 0.3) is 11.8 Å². The van der Waals surface area contributed by atoms with E-state index in [0.717, 1.165) is 17.3 Å². The van der Waals surface area contributed by atoms with E-state index >= 15 is 0 Å². The second kappa shape index (κ2) is 5.87. The first-order chi connectivity index (χ1) is 12.8. The molecule has 3 aromatic heterocycles. The smallest absolute Gasteiger partial charge is 0.293 e. The Hall–Kier alpha value is -3.35. The lowest BCUT2D eigenvalue weighted by molar-refractivity contribution is 0.0785. The van der Waals surface area contributed by atoms with Gasteiger partial charge in [-0.15, -0.1) is 0 Å². The van der Waals surface area contributed by atoms with Crippen molar-refractivity contribution >= 4 is 16.8 Å². The number of fused-ring (bicyclic) bond motifs is 1. The lowest BCUT2D eigenvalue weighted by Gasteiger charge is -2.14. The molecule has 1 amide bonds. The molecule has 26 heavy (non-hydrogen) atoms. The van der Waals surface area contributed by atoms with Crippen LogP contribution in [0.4, 0.5) is 0 Å². The first kappa shape index (κ1) is 14.9. The number of nitrogens with zero attached hydrogens (tertiary/aromatic N) is 3. The van der Waals surface area contributed by atoms with Gasteiger partial charge < -0.3 is 18.8 Å². The third kappa shape index (κ3) is 2.48. The maximum Gasteiger partial charge on any atom is 0.293 e. The average Bonchev–Trinajstić information content (AvgIpc) is 3.47. The number of aromatic amines is 1. The van der Waals surface area contributed by atoms with Crippen LogP contribution in [0.3, 0.4) is 0 Å². The highest BCUT2D eigenvalue weighted by molar-refractivity contribution is 5.98. The van der Waals surface area contributed by atoms with Crippen molar-refractivity contribution in [1.29, 1.82) is 0 Å². The van der Waals surface area contributed by atoms with Gasteiger partial charge in [-0.3, -0.25) is 4.79 Å². The highest BCUT2D eigenvalue weighted by Gasteiger charge is 2.32. The van der Waals surface area contributed by atoms with Crippen LogP contribution in [0.25, 0.3) is 22.6 Å². The number of nitrogens with one attached hydrogen (secondary N) is 1. The molecule has 0 saturated carbocycles. The van der Waals surface area contributed by atoms with Crippen LogP contribution in [0.1, 0.15) is 28.7 Å². The van der Waals surface area contributed by atoms with Crippen LogP contribution in [0.5, 0.6) is 0 Å². The van der Waals surface area contributed by atoms with Crippen LogP contribution < -0.4 is 0 Å². The number of hydrogen-bond acceptors (Lipinski definition) is 5. The van der Waals surface area contributed by atoms with E-state index in [2.05, 4.69) is 15.1 Å². The summed E-state index contributed by atoms with van der Waals surface area (Å²) in [6, 6.07) is 13.3. The standard InChI is InChI=1S/C19H16N4O3/c24-19(15-10-12-4-1-2-5-14(12)20-15)23-8-7-13(11-23)17-21-18(26-22-17)16-6-3-9-25-16/h1-6,9-10,13,20H,7-8,11H2/t13-/m0/s1. The molecule has 4 aromatic rings. The molecule has 130 valence electrons. The van der Waals surface area contributed by atoms with E-state index in [1.54, 1.807) is 18.4 Å². The van der Waals surface area contributed by atoms with Crippen molar-refractivity contribution in [3.63, 3.8) is 0 Å². The Morgan fingerprint density at radius 3 is 3.00 bits per heavy atom. The van der Waals surface area contributed by atoms with Gasteiger partial charge in [-0.05, 0) is 30.7 Å². The molecule has 1 N–H and O–H groups in total. The third-order valence-corrected chi connectivity index (χ3v) is 4.77. The molecular weight excluding hydrogens is 332 g/mol. The van der Waals surface area contributed by atoms with E-state index in [9.17, 15) is 4.79 Å². The number of furan rings is 1. The third-order valence-electron chi connectivity index (χ3n) is 4.77. The summed E-state index contributed by atoms with van der Waals surface area (Å²) in [6.45, 7) is 1.24. The number of hydrogen-bond donors (Lipinski definition) is 1. The minimum atomic E-state index is -0.00143. The molecule has 0 aliphatic carbocycles. The maximum absolute atomic E-state index is 12.8. The minimum absolute atomic E-state index is 0.00143.